The van der Waals surface area contributed by atoms with Crippen molar-refractivity contribution in [1.29, 1.82) is 0 Å². The highest BCUT2D eigenvalue weighted by Gasteiger charge is 2.16. The Morgan fingerprint density at radius 3 is 2.61 bits per heavy atom. The first-order chi connectivity index (χ1) is 15.1. The van der Waals surface area contributed by atoms with Gasteiger partial charge in [-0.1, -0.05) is 41.7 Å². The van der Waals surface area contributed by atoms with Gasteiger partial charge in [0.1, 0.15) is 5.01 Å². The van der Waals surface area contributed by atoms with Crippen LogP contribution < -0.4 is 15.4 Å². The molecule has 0 spiro atoms. The van der Waals surface area contributed by atoms with Crippen molar-refractivity contribution in [3.63, 3.8) is 0 Å². The van der Waals surface area contributed by atoms with Crippen LogP contribution in [-0.4, -0.2) is 33.2 Å². The fourth-order valence-electron chi connectivity index (χ4n) is 2.92. The van der Waals surface area contributed by atoms with Gasteiger partial charge in [0.2, 0.25) is 5.13 Å². The average Bonchev–Trinajstić information content (AvgIpc) is 3.29. The summed E-state index contributed by atoms with van der Waals surface area (Å²) in [5, 5.41) is 15.3. The predicted octanol–water partition coefficient (Wildman–Crippen LogP) is 4.43. The largest absolute Gasteiger partial charge is 0.493 e. The van der Waals surface area contributed by atoms with Gasteiger partial charge in [0.25, 0.3) is 5.91 Å². The summed E-state index contributed by atoms with van der Waals surface area (Å²) in [6, 6.07) is 15.4. The second-order valence-corrected chi connectivity index (χ2v) is 7.63. The number of nitrogens with zero attached hydrogens (tertiary/aromatic N) is 4. The van der Waals surface area contributed by atoms with Crippen LogP contribution in [0.15, 0.2) is 67.1 Å². The van der Waals surface area contributed by atoms with Gasteiger partial charge < -0.3 is 10.1 Å². The van der Waals surface area contributed by atoms with Crippen LogP contribution in [0.1, 0.15) is 28.9 Å². The Labute approximate surface area is 183 Å². The maximum absolute atomic E-state index is 12.7. The van der Waals surface area contributed by atoms with Crippen molar-refractivity contribution in [2.24, 2.45) is 0 Å². The minimum Gasteiger partial charge on any atom is -0.493 e. The number of aromatic nitrogens is 4. The van der Waals surface area contributed by atoms with Gasteiger partial charge in [-0.3, -0.25) is 15.1 Å². The molecule has 4 aromatic rings. The zero-order valence-electron chi connectivity index (χ0n) is 16.9. The number of amides is 1. The summed E-state index contributed by atoms with van der Waals surface area (Å²) in [5.41, 5.74) is 2.36. The number of rotatable bonds is 7. The molecule has 31 heavy (non-hydrogen) atoms. The van der Waals surface area contributed by atoms with Crippen LogP contribution in [0.4, 0.5) is 10.9 Å². The Balaban J connectivity index is 1.47. The van der Waals surface area contributed by atoms with Crippen molar-refractivity contribution in [2.45, 2.75) is 13.0 Å². The summed E-state index contributed by atoms with van der Waals surface area (Å²) in [5.74, 6) is 0.697. The molecule has 0 saturated carbocycles. The van der Waals surface area contributed by atoms with E-state index in [1.165, 1.54) is 17.5 Å². The molecule has 0 radical (unpaired) electrons. The van der Waals surface area contributed by atoms with Crippen molar-refractivity contribution < 1.29 is 9.53 Å². The van der Waals surface area contributed by atoms with E-state index in [0.29, 0.717) is 27.3 Å². The molecule has 0 aliphatic rings. The summed E-state index contributed by atoms with van der Waals surface area (Å²) >= 11 is 1.28. The number of hydrogen-bond donors (Lipinski definition) is 2. The molecule has 0 aliphatic carbocycles. The fraction of sp³-hybridized carbons (Fsp3) is 0.136. The molecule has 3 heterocycles. The fourth-order valence-corrected chi connectivity index (χ4v) is 3.66. The van der Waals surface area contributed by atoms with Gasteiger partial charge in [-0.2, -0.15) is 0 Å². The summed E-state index contributed by atoms with van der Waals surface area (Å²) in [6.07, 6.45) is 4.87. The van der Waals surface area contributed by atoms with Crippen LogP contribution in [0, 0.1) is 0 Å². The molecular weight excluding hydrogens is 412 g/mol. The first kappa shape index (κ1) is 20.4. The first-order valence-corrected chi connectivity index (χ1v) is 10.4. The molecule has 0 saturated heterocycles. The molecule has 9 heteroatoms. The van der Waals surface area contributed by atoms with E-state index in [9.17, 15) is 4.79 Å². The van der Waals surface area contributed by atoms with E-state index in [4.69, 9.17) is 4.74 Å². The number of anilines is 2. The molecule has 2 N–H and O–H groups in total. The van der Waals surface area contributed by atoms with Crippen LogP contribution in [0.3, 0.4) is 0 Å². The zero-order valence-corrected chi connectivity index (χ0v) is 17.8. The molecule has 1 aromatic carbocycles. The van der Waals surface area contributed by atoms with Gasteiger partial charge in [-0.05, 0) is 30.7 Å². The topological polar surface area (TPSA) is 102 Å². The van der Waals surface area contributed by atoms with Crippen LogP contribution in [-0.2, 0) is 0 Å². The number of pyridine rings is 2. The van der Waals surface area contributed by atoms with Crippen molar-refractivity contribution in [2.75, 3.05) is 17.7 Å². The zero-order chi connectivity index (χ0) is 21.6. The lowest BCUT2D eigenvalue weighted by Crippen LogP contribution is -2.14. The van der Waals surface area contributed by atoms with Crippen molar-refractivity contribution >= 4 is 28.2 Å². The third-order valence-electron chi connectivity index (χ3n) is 4.56. The second kappa shape index (κ2) is 9.31. The summed E-state index contributed by atoms with van der Waals surface area (Å²) in [7, 11) is 1.54. The summed E-state index contributed by atoms with van der Waals surface area (Å²) in [4.78, 5) is 21.1. The molecule has 1 atom stereocenters. The lowest BCUT2D eigenvalue weighted by molar-refractivity contribution is 0.102. The minimum atomic E-state index is -0.342. The van der Waals surface area contributed by atoms with Gasteiger partial charge in [-0.15, -0.1) is 10.2 Å². The Morgan fingerprint density at radius 2 is 1.87 bits per heavy atom. The van der Waals surface area contributed by atoms with Crippen LogP contribution >= 0.6 is 11.3 Å². The highest BCUT2D eigenvalue weighted by Crippen LogP contribution is 2.29. The molecule has 4 rings (SSSR count). The number of carbonyl (C=O) groups is 1. The number of hydrogen-bond acceptors (Lipinski definition) is 8. The molecular formula is C22H20N6O2S. The minimum absolute atomic E-state index is 0.0234. The Kier molecular flexibility index (Phi) is 6.13. The number of nitrogens with one attached hydrogen (secondary N) is 2. The van der Waals surface area contributed by atoms with Gasteiger partial charge in [0, 0.05) is 24.2 Å². The summed E-state index contributed by atoms with van der Waals surface area (Å²) < 4.78 is 5.45. The van der Waals surface area contributed by atoms with Crippen LogP contribution in [0.2, 0.25) is 0 Å². The number of methoxy groups -OCH3 is 1. The molecule has 3 aromatic heterocycles. The monoisotopic (exact) mass is 432 g/mol. The third kappa shape index (κ3) is 4.84. The maximum atomic E-state index is 12.7. The lowest BCUT2D eigenvalue weighted by Gasteiger charge is -2.17. The number of benzene rings is 1. The normalized spacial score (nSPS) is 11.5. The van der Waals surface area contributed by atoms with Crippen LogP contribution in [0.5, 0.6) is 5.75 Å². The van der Waals surface area contributed by atoms with Crippen LogP contribution in [0.25, 0.3) is 10.6 Å². The molecule has 0 unspecified atom stereocenters. The average molecular weight is 433 g/mol. The Hall–Kier alpha value is -3.85. The van der Waals surface area contributed by atoms with Crippen molar-refractivity contribution in [1.82, 2.24) is 20.2 Å². The van der Waals surface area contributed by atoms with Gasteiger partial charge >= 0.3 is 0 Å². The Morgan fingerprint density at radius 1 is 1.10 bits per heavy atom. The van der Waals surface area contributed by atoms with Gasteiger partial charge in [-0.25, -0.2) is 4.98 Å². The number of carbonyl (C=O) groups excluding carboxylic acids is 1. The quantitative estimate of drug-likeness (QED) is 0.445. The summed E-state index contributed by atoms with van der Waals surface area (Å²) in [6.45, 7) is 2.03. The molecule has 8 nitrogen and oxygen atoms in total. The van der Waals surface area contributed by atoms with E-state index in [1.807, 2.05) is 49.4 Å². The molecule has 156 valence electrons. The highest BCUT2D eigenvalue weighted by molar-refractivity contribution is 7.18. The molecule has 0 aliphatic heterocycles. The Bertz CT molecular complexity index is 1170. The molecule has 0 fully saturated rings. The molecule has 1 amide bonds. The van der Waals surface area contributed by atoms with Gasteiger partial charge in [0.05, 0.1) is 18.7 Å². The van der Waals surface area contributed by atoms with E-state index in [-0.39, 0.29) is 11.9 Å². The third-order valence-corrected chi connectivity index (χ3v) is 5.45. The highest BCUT2D eigenvalue weighted by atomic mass is 32.1. The number of ether oxygens (including phenoxy) is 1. The SMILES string of the molecule is COc1cc(C(=O)Nc2nnc(-c3ccncc3)s2)cnc1N[C@@H](C)c1ccccc1. The first-order valence-electron chi connectivity index (χ1n) is 9.55. The molecule has 0 bridgehead atoms. The smallest absolute Gasteiger partial charge is 0.259 e. The predicted molar refractivity (Wildman–Crippen MR) is 120 cm³/mol. The van der Waals surface area contributed by atoms with E-state index < -0.39 is 0 Å². The van der Waals surface area contributed by atoms with E-state index in [2.05, 4.69) is 30.8 Å². The standard InChI is InChI=1S/C22H20N6O2S/c1-14(15-6-4-3-5-7-15)25-19-18(30-2)12-17(13-24-19)20(29)26-22-28-27-21(31-22)16-8-10-23-11-9-16/h3-14H,1-2H3,(H,24,25)(H,26,28,29)/t14-/m0/s1. The van der Waals surface area contributed by atoms with E-state index in [1.54, 1.807) is 25.6 Å². The maximum Gasteiger partial charge on any atom is 0.259 e. The van der Waals surface area contributed by atoms with E-state index >= 15 is 0 Å². The van der Waals surface area contributed by atoms with Crippen molar-refractivity contribution in [3.05, 3.63) is 78.2 Å². The van der Waals surface area contributed by atoms with Gasteiger partial charge in [0.15, 0.2) is 11.6 Å². The lowest BCUT2D eigenvalue weighted by atomic mass is 10.1. The van der Waals surface area contributed by atoms with Crippen molar-refractivity contribution in [3.8, 4) is 16.3 Å². The second-order valence-electron chi connectivity index (χ2n) is 6.65. The van der Waals surface area contributed by atoms with E-state index in [0.717, 1.165) is 11.1 Å².